The third-order valence-corrected chi connectivity index (χ3v) is 6.60. The van der Waals surface area contributed by atoms with Gasteiger partial charge in [-0.3, -0.25) is 9.52 Å². The molecule has 0 aliphatic heterocycles. The number of nitrogens with one attached hydrogen (secondary N) is 2. The summed E-state index contributed by atoms with van der Waals surface area (Å²) in [5.41, 5.74) is 3.96. The third-order valence-electron chi connectivity index (χ3n) is 5.09. The molecule has 2 N–H and O–H groups in total. The highest BCUT2D eigenvalue weighted by atomic mass is 32.2. The minimum Gasteiger partial charge on any atom is -0.494 e. The lowest BCUT2D eigenvalue weighted by atomic mass is 10.1. The van der Waals surface area contributed by atoms with Crippen molar-refractivity contribution < 1.29 is 17.9 Å². The van der Waals surface area contributed by atoms with Crippen LogP contribution in [0.25, 0.3) is 0 Å². The molecule has 0 unspecified atom stereocenters. The van der Waals surface area contributed by atoms with Gasteiger partial charge in [0, 0.05) is 17.7 Å². The number of sulfonamides is 1. The molecular formula is C25H28N2O4S. The summed E-state index contributed by atoms with van der Waals surface area (Å²) in [4.78, 5) is 12.8. The number of rotatable bonds is 8. The highest BCUT2D eigenvalue weighted by Gasteiger charge is 2.20. The van der Waals surface area contributed by atoms with Crippen molar-refractivity contribution in [2.45, 2.75) is 39.1 Å². The number of ether oxygens (including phenoxy) is 1. The normalized spacial score (nSPS) is 11.1. The Bertz CT molecular complexity index is 1240. The molecule has 0 aliphatic rings. The average Bonchev–Trinajstić information content (AvgIpc) is 2.75. The number of amides is 1. The summed E-state index contributed by atoms with van der Waals surface area (Å²) in [7, 11) is -3.87. The van der Waals surface area contributed by atoms with Crippen LogP contribution in [-0.4, -0.2) is 20.9 Å². The van der Waals surface area contributed by atoms with Gasteiger partial charge in [0.2, 0.25) is 0 Å². The lowest BCUT2D eigenvalue weighted by Crippen LogP contribution is -2.24. The van der Waals surface area contributed by atoms with Gasteiger partial charge in [0.15, 0.2) is 0 Å². The smallest absolute Gasteiger partial charge is 0.262 e. The maximum Gasteiger partial charge on any atom is 0.262 e. The molecule has 168 valence electrons. The molecule has 0 fully saturated rings. The molecule has 0 heterocycles. The second kappa shape index (κ2) is 9.87. The van der Waals surface area contributed by atoms with E-state index in [2.05, 4.69) is 10.0 Å². The molecule has 0 saturated heterocycles. The molecule has 6 nitrogen and oxygen atoms in total. The van der Waals surface area contributed by atoms with E-state index in [4.69, 9.17) is 4.74 Å². The number of carbonyl (C=O) groups is 1. The van der Waals surface area contributed by atoms with Crippen LogP contribution in [0.1, 0.15) is 39.5 Å². The number of benzene rings is 3. The molecule has 3 rings (SSSR count). The molecule has 32 heavy (non-hydrogen) atoms. The average molecular weight is 453 g/mol. The van der Waals surface area contributed by atoms with Crippen LogP contribution in [0.5, 0.6) is 5.75 Å². The fraction of sp³-hybridized carbons (Fsp3) is 0.240. The van der Waals surface area contributed by atoms with Crippen molar-refractivity contribution >= 4 is 21.6 Å². The van der Waals surface area contributed by atoms with E-state index in [1.165, 1.54) is 6.07 Å². The van der Waals surface area contributed by atoms with Crippen LogP contribution in [0.4, 0.5) is 5.69 Å². The summed E-state index contributed by atoms with van der Waals surface area (Å²) in [6, 6.07) is 17.7. The van der Waals surface area contributed by atoms with E-state index in [-0.39, 0.29) is 22.9 Å². The minimum absolute atomic E-state index is 0.0702. The quantitative estimate of drug-likeness (QED) is 0.517. The summed E-state index contributed by atoms with van der Waals surface area (Å²) < 4.78 is 34.4. The molecule has 3 aromatic carbocycles. The van der Waals surface area contributed by atoms with E-state index < -0.39 is 10.0 Å². The Morgan fingerprint density at radius 3 is 2.41 bits per heavy atom. The van der Waals surface area contributed by atoms with Gasteiger partial charge in [-0.2, -0.15) is 0 Å². The Balaban J connectivity index is 1.82. The van der Waals surface area contributed by atoms with E-state index in [1.54, 1.807) is 25.1 Å². The number of anilines is 1. The minimum atomic E-state index is -3.87. The fourth-order valence-corrected chi connectivity index (χ4v) is 4.69. The first-order valence-corrected chi connectivity index (χ1v) is 11.9. The topological polar surface area (TPSA) is 84.5 Å². The summed E-state index contributed by atoms with van der Waals surface area (Å²) in [6.07, 6.45) is 0. The van der Waals surface area contributed by atoms with Crippen LogP contribution in [0.2, 0.25) is 0 Å². The van der Waals surface area contributed by atoms with Gasteiger partial charge in [-0.1, -0.05) is 36.4 Å². The first-order chi connectivity index (χ1) is 15.2. The molecule has 3 aromatic rings. The number of hydrogen-bond acceptors (Lipinski definition) is 4. The highest BCUT2D eigenvalue weighted by molar-refractivity contribution is 7.92. The molecule has 0 aromatic heterocycles. The lowest BCUT2D eigenvalue weighted by Gasteiger charge is -2.14. The predicted octanol–water partition coefficient (Wildman–Crippen LogP) is 4.74. The van der Waals surface area contributed by atoms with Gasteiger partial charge in [-0.05, 0) is 68.7 Å². The van der Waals surface area contributed by atoms with Gasteiger partial charge in [0.25, 0.3) is 15.9 Å². The van der Waals surface area contributed by atoms with Crippen molar-refractivity contribution in [2.75, 3.05) is 11.3 Å². The van der Waals surface area contributed by atoms with E-state index in [1.807, 2.05) is 57.2 Å². The second-order valence-electron chi connectivity index (χ2n) is 7.63. The van der Waals surface area contributed by atoms with Crippen molar-refractivity contribution in [3.63, 3.8) is 0 Å². The number of carbonyl (C=O) groups excluding carboxylic acids is 1. The summed E-state index contributed by atoms with van der Waals surface area (Å²) in [6.45, 7) is 8.14. The van der Waals surface area contributed by atoms with Gasteiger partial charge < -0.3 is 10.1 Å². The Kier molecular flexibility index (Phi) is 7.20. The molecule has 0 radical (unpaired) electrons. The second-order valence-corrected chi connectivity index (χ2v) is 9.28. The van der Waals surface area contributed by atoms with Gasteiger partial charge >= 0.3 is 0 Å². The fourth-order valence-electron chi connectivity index (χ4n) is 3.30. The van der Waals surface area contributed by atoms with E-state index >= 15 is 0 Å². The Labute approximate surface area is 189 Å². The maximum absolute atomic E-state index is 13.1. The van der Waals surface area contributed by atoms with Crippen LogP contribution >= 0.6 is 0 Å². The van der Waals surface area contributed by atoms with Gasteiger partial charge in [-0.15, -0.1) is 0 Å². The summed E-state index contributed by atoms with van der Waals surface area (Å²) in [5, 5.41) is 2.84. The number of aryl methyl sites for hydroxylation is 3. The largest absolute Gasteiger partial charge is 0.494 e. The molecule has 0 aliphatic carbocycles. The third kappa shape index (κ3) is 5.48. The Morgan fingerprint density at radius 2 is 1.66 bits per heavy atom. The first kappa shape index (κ1) is 23.3. The Morgan fingerprint density at radius 1 is 0.938 bits per heavy atom. The monoisotopic (exact) mass is 452 g/mol. The zero-order valence-corrected chi connectivity index (χ0v) is 19.5. The predicted molar refractivity (Wildman–Crippen MR) is 127 cm³/mol. The standard InChI is InChI=1S/C25H28N2O4S/c1-5-31-23-9-7-6-8-21(23)16-26-25(28)20-13-12-19(4)24(15-20)32(29,30)27-22-14-17(2)10-11-18(22)3/h6-15,27H,5,16H2,1-4H3,(H,26,28). The maximum atomic E-state index is 13.1. The van der Waals surface area contributed by atoms with E-state index in [0.29, 0.717) is 23.6 Å². The van der Waals surface area contributed by atoms with Crippen molar-refractivity contribution in [2.24, 2.45) is 0 Å². The van der Waals surface area contributed by atoms with Crippen LogP contribution in [-0.2, 0) is 16.6 Å². The van der Waals surface area contributed by atoms with Crippen molar-refractivity contribution in [1.29, 1.82) is 0 Å². The van der Waals surface area contributed by atoms with Crippen LogP contribution in [0.15, 0.2) is 65.6 Å². The van der Waals surface area contributed by atoms with Crippen molar-refractivity contribution in [3.8, 4) is 5.75 Å². The van der Waals surface area contributed by atoms with Crippen LogP contribution < -0.4 is 14.8 Å². The molecule has 0 saturated carbocycles. The molecule has 1 amide bonds. The molecule has 0 bridgehead atoms. The van der Waals surface area contributed by atoms with Crippen molar-refractivity contribution in [3.05, 3.63) is 88.5 Å². The number of para-hydroxylation sites is 1. The zero-order valence-electron chi connectivity index (χ0n) is 18.7. The molecule has 0 spiro atoms. The lowest BCUT2D eigenvalue weighted by molar-refractivity contribution is 0.0950. The molecular weight excluding hydrogens is 424 g/mol. The van der Waals surface area contributed by atoms with E-state index in [9.17, 15) is 13.2 Å². The van der Waals surface area contributed by atoms with Crippen LogP contribution in [0, 0.1) is 20.8 Å². The van der Waals surface area contributed by atoms with Gasteiger partial charge in [-0.25, -0.2) is 8.42 Å². The first-order valence-electron chi connectivity index (χ1n) is 10.4. The molecule has 0 atom stereocenters. The summed E-state index contributed by atoms with van der Waals surface area (Å²) >= 11 is 0. The molecule has 7 heteroatoms. The number of hydrogen-bond donors (Lipinski definition) is 2. The summed E-state index contributed by atoms with van der Waals surface area (Å²) in [5.74, 6) is 0.347. The van der Waals surface area contributed by atoms with Gasteiger partial charge in [0.05, 0.1) is 17.2 Å². The SMILES string of the molecule is CCOc1ccccc1CNC(=O)c1ccc(C)c(S(=O)(=O)Nc2cc(C)ccc2C)c1. The van der Waals surface area contributed by atoms with Gasteiger partial charge in [0.1, 0.15) is 5.75 Å². The Hall–Kier alpha value is -3.32. The zero-order chi connectivity index (χ0) is 23.3. The van der Waals surface area contributed by atoms with E-state index in [0.717, 1.165) is 16.7 Å². The highest BCUT2D eigenvalue weighted by Crippen LogP contribution is 2.24. The van der Waals surface area contributed by atoms with Crippen molar-refractivity contribution in [1.82, 2.24) is 5.32 Å². The van der Waals surface area contributed by atoms with Crippen LogP contribution in [0.3, 0.4) is 0 Å².